The molecule has 0 aliphatic heterocycles. The Kier molecular flexibility index (Phi) is 5.63. The molecule has 1 aromatic rings. The highest BCUT2D eigenvalue weighted by atomic mass is 16.5. The highest BCUT2D eigenvalue weighted by Gasteiger charge is 2.20. The maximum atomic E-state index is 9.40. The van der Waals surface area contributed by atoms with Crippen molar-refractivity contribution < 1.29 is 9.84 Å². The Balaban J connectivity index is 2.72. The molecule has 0 bridgehead atoms. The van der Waals surface area contributed by atoms with E-state index in [4.69, 9.17) is 10.5 Å². The maximum Gasteiger partial charge on any atom is 0.137 e. The maximum absolute atomic E-state index is 9.40. The third-order valence-electron chi connectivity index (χ3n) is 2.88. The molecule has 18 heavy (non-hydrogen) atoms. The quantitative estimate of drug-likeness (QED) is 0.816. The lowest BCUT2D eigenvalue weighted by molar-refractivity contribution is 0.0881. The zero-order chi connectivity index (χ0) is 13.7. The van der Waals surface area contributed by atoms with Gasteiger partial charge in [-0.2, -0.15) is 0 Å². The number of hydrogen-bond acceptors (Lipinski definition) is 3. The van der Waals surface area contributed by atoms with Crippen LogP contribution >= 0.6 is 0 Å². The van der Waals surface area contributed by atoms with Gasteiger partial charge in [0.1, 0.15) is 11.9 Å². The van der Waals surface area contributed by atoms with Crippen molar-refractivity contribution in [2.45, 2.75) is 46.3 Å². The van der Waals surface area contributed by atoms with Gasteiger partial charge in [0.2, 0.25) is 0 Å². The zero-order valence-electron chi connectivity index (χ0n) is 11.8. The summed E-state index contributed by atoms with van der Waals surface area (Å²) >= 11 is 0. The smallest absolute Gasteiger partial charge is 0.137 e. The Labute approximate surface area is 110 Å². The molecule has 0 amide bonds. The Morgan fingerprint density at radius 3 is 2.17 bits per heavy atom. The summed E-state index contributed by atoms with van der Waals surface area (Å²) in [5.41, 5.74) is 8.37. The molecular formula is C15H25NO2. The van der Waals surface area contributed by atoms with Crippen molar-refractivity contribution in [1.29, 1.82) is 0 Å². The molecule has 0 saturated heterocycles. The Morgan fingerprint density at radius 1 is 1.17 bits per heavy atom. The van der Waals surface area contributed by atoms with Gasteiger partial charge in [-0.25, -0.2) is 0 Å². The molecule has 1 aromatic carbocycles. The molecule has 0 aliphatic rings. The van der Waals surface area contributed by atoms with Gasteiger partial charge in [0.15, 0.2) is 0 Å². The predicted octanol–water partition coefficient (Wildman–Crippen LogP) is 2.42. The number of aliphatic hydroxyl groups is 1. The van der Waals surface area contributed by atoms with E-state index in [1.165, 1.54) is 0 Å². The molecular weight excluding hydrogens is 226 g/mol. The summed E-state index contributed by atoms with van der Waals surface area (Å²) in [4.78, 5) is 0. The predicted molar refractivity (Wildman–Crippen MR) is 74.8 cm³/mol. The summed E-state index contributed by atoms with van der Waals surface area (Å²) in [6.07, 6.45) is 0.504. The number of rotatable bonds is 6. The molecule has 3 N–H and O–H groups in total. The second kappa shape index (κ2) is 6.76. The minimum Gasteiger partial charge on any atom is -0.486 e. The van der Waals surface area contributed by atoms with Crippen LogP contribution in [-0.4, -0.2) is 23.9 Å². The highest BCUT2D eigenvalue weighted by Crippen LogP contribution is 2.19. The fraction of sp³-hybridized carbons (Fsp3) is 0.600. The van der Waals surface area contributed by atoms with Crippen LogP contribution in [0.15, 0.2) is 18.2 Å². The first kappa shape index (κ1) is 15.0. The van der Waals surface area contributed by atoms with Crippen molar-refractivity contribution in [3.05, 3.63) is 29.3 Å². The number of ether oxygens (including phenoxy) is 1. The van der Waals surface area contributed by atoms with E-state index in [0.29, 0.717) is 5.92 Å². The van der Waals surface area contributed by atoms with E-state index >= 15 is 0 Å². The van der Waals surface area contributed by atoms with Crippen LogP contribution in [-0.2, 0) is 0 Å². The summed E-state index contributed by atoms with van der Waals surface area (Å²) in [6, 6.07) is 5.89. The van der Waals surface area contributed by atoms with E-state index < -0.39 is 0 Å². The first-order chi connectivity index (χ1) is 8.42. The van der Waals surface area contributed by atoms with Crippen molar-refractivity contribution in [2.24, 2.45) is 11.7 Å². The van der Waals surface area contributed by atoms with Gasteiger partial charge in [-0.05, 0) is 49.4 Å². The van der Waals surface area contributed by atoms with E-state index in [2.05, 4.69) is 19.9 Å². The number of hydrogen-bond donors (Lipinski definition) is 2. The monoisotopic (exact) mass is 251 g/mol. The van der Waals surface area contributed by atoms with Gasteiger partial charge in [0, 0.05) is 6.04 Å². The summed E-state index contributed by atoms with van der Waals surface area (Å²) in [7, 11) is 0. The second-order valence-corrected chi connectivity index (χ2v) is 5.46. The van der Waals surface area contributed by atoms with Crippen LogP contribution in [0.25, 0.3) is 0 Å². The highest BCUT2D eigenvalue weighted by molar-refractivity contribution is 5.33. The fourth-order valence-corrected chi connectivity index (χ4v) is 2.13. The first-order valence-corrected chi connectivity index (χ1v) is 6.53. The number of nitrogens with two attached hydrogens (primary N) is 1. The van der Waals surface area contributed by atoms with Crippen molar-refractivity contribution in [2.75, 3.05) is 6.61 Å². The Morgan fingerprint density at radius 2 is 1.72 bits per heavy atom. The van der Waals surface area contributed by atoms with E-state index in [1.807, 2.05) is 26.0 Å². The summed E-state index contributed by atoms with van der Waals surface area (Å²) in [6.45, 7) is 8.24. The SMILES string of the molecule is Cc1cc(C)cc(OC(CO)C(N)CC(C)C)c1. The molecule has 102 valence electrons. The van der Waals surface area contributed by atoms with Gasteiger partial charge in [-0.3, -0.25) is 0 Å². The van der Waals surface area contributed by atoms with Gasteiger partial charge in [0.25, 0.3) is 0 Å². The van der Waals surface area contributed by atoms with Crippen molar-refractivity contribution in [3.63, 3.8) is 0 Å². The van der Waals surface area contributed by atoms with E-state index in [-0.39, 0.29) is 18.8 Å². The van der Waals surface area contributed by atoms with Gasteiger partial charge in [0.05, 0.1) is 6.61 Å². The van der Waals surface area contributed by atoms with Crippen LogP contribution in [0.3, 0.4) is 0 Å². The minimum atomic E-state index is -0.339. The third kappa shape index (κ3) is 4.67. The average molecular weight is 251 g/mol. The Bertz CT molecular complexity index is 357. The number of aryl methyl sites for hydroxylation is 2. The van der Waals surface area contributed by atoms with E-state index in [0.717, 1.165) is 23.3 Å². The normalized spacial score (nSPS) is 14.6. The van der Waals surface area contributed by atoms with Gasteiger partial charge >= 0.3 is 0 Å². The van der Waals surface area contributed by atoms with E-state index in [1.54, 1.807) is 0 Å². The molecule has 0 aliphatic carbocycles. The summed E-state index contributed by atoms with van der Waals surface area (Å²) < 4.78 is 5.81. The standard InChI is InChI=1S/C15H25NO2/c1-10(2)5-14(16)15(9-17)18-13-7-11(3)6-12(4)8-13/h6-8,10,14-15,17H,5,9,16H2,1-4H3. The largest absolute Gasteiger partial charge is 0.486 e. The molecule has 3 heteroatoms. The summed E-state index contributed by atoms with van der Waals surface area (Å²) in [5, 5.41) is 9.40. The van der Waals surface area contributed by atoms with Crippen LogP contribution in [0.1, 0.15) is 31.4 Å². The van der Waals surface area contributed by atoms with Crippen molar-refractivity contribution in [3.8, 4) is 5.75 Å². The molecule has 2 atom stereocenters. The molecule has 2 unspecified atom stereocenters. The van der Waals surface area contributed by atoms with Crippen molar-refractivity contribution >= 4 is 0 Å². The number of benzene rings is 1. The Hall–Kier alpha value is -1.06. The molecule has 0 radical (unpaired) electrons. The minimum absolute atomic E-state index is 0.0547. The van der Waals surface area contributed by atoms with Gasteiger partial charge in [-0.15, -0.1) is 0 Å². The average Bonchev–Trinajstić information content (AvgIpc) is 2.23. The number of aliphatic hydroxyl groups excluding tert-OH is 1. The molecule has 0 fully saturated rings. The van der Waals surface area contributed by atoms with Gasteiger partial charge in [-0.1, -0.05) is 19.9 Å². The molecule has 0 heterocycles. The second-order valence-electron chi connectivity index (χ2n) is 5.46. The van der Waals surface area contributed by atoms with Gasteiger partial charge < -0.3 is 15.6 Å². The zero-order valence-corrected chi connectivity index (χ0v) is 11.8. The first-order valence-electron chi connectivity index (χ1n) is 6.53. The lowest BCUT2D eigenvalue weighted by Gasteiger charge is -2.25. The molecule has 0 spiro atoms. The van der Waals surface area contributed by atoms with Crippen LogP contribution in [0.4, 0.5) is 0 Å². The van der Waals surface area contributed by atoms with Crippen molar-refractivity contribution in [1.82, 2.24) is 0 Å². The molecule has 0 aromatic heterocycles. The molecule has 1 rings (SSSR count). The van der Waals surface area contributed by atoms with Crippen LogP contribution in [0, 0.1) is 19.8 Å². The molecule has 0 saturated carbocycles. The molecule has 3 nitrogen and oxygen atoms in total. The van der Waals surface area contributed by atoms with Crippen LogP contribution in [0.5, 0.6) is 5.75 Å². The van der Waals surface area contributed by atoms with Crippen LogP contribution < -0.4 is 10.5 Å². The van der Waals surface area contributed by atoms with E-state index in [9.17, 15) is 5.11 Å². The fourth-order valence-electron chi connectivity index (χ4n) is 2.13. The third-order valence-corrected chi connectivity index (χ3v) is 2.88. The lowest BCUT2D eigenvalue weighted by atomic mass is 10.0. The topological polar surface area (TPSA) is 55.5 Å². The van der Waals surface area contributed by atoms with Crippen LogP contribution in [0.2, 0.25) is 0 Å². The lowest BCUT2D eigenvalue weighted by Crippen LogP contribution is -2.42. The summed E-state index contributed by atoms with van der Waals surface area (Å²) in [5.74, 6) is 1.28.